The lowest BCUT2D eigenvalue weighted by Gasteiger charge is -2.44. The number of hydrogen-bond acceptors (Lipinski definition) is 7. The zero-order valence-corrected chi connectivity index (χ0v) is 19.7. The number of rotatable bonds is 6. The van der Waals surface area contributed by atoms with Crippen LogP contribution in [0.15, 0.2) is 45.9 Å². The first-order valence-corrected chi connectivity index (χ1v) is 12.3. The largest absolute Gasteiger partial charge is 0.433 e. The third kappa shape index (κ3) is 3.85. The van der Waals surface area contributed by atoms with Crippen molar-refractivity contribution in [2.24, 2.45) is 15.1 Å². The Morgan fingerprint density at radius 1 is 1.26 bits per heavy atom. The number of aromatic nitrogens is 1. The van der Waals surface area contributed by atoms with Gasteiger partial charge >= 0.3 is 6.61 Å². The van der Waals surface area contributed by atoms with Crippen LogP contribution < -0.4 is 10.5 Å². The van der Waals surface area contributed by atoms with Crippen LogP contribution >= 0.6 is 0 Å². The summed E-state index contributed by atoms with van der Waals surface area (Å²) in [5.74, 6) is -0.947. The van der Waals surface area contributed by atoms with Crippen LogP contribution in [0.2, 0.25) is 0 Å². The van der Waals surface area contributed by atoms with E-state index >= 15 is 4.39 Å². The molecule has 2 N–H and O–H groups in total. The number of pyridine rings is 1. The smallest absolute Gasteiger partial charge is 0.387 e. The average molecular weight is 495 g/mol. The number of ketones is 1. The molecule has 0 saturated heterocycles. The minimum Gasteiger partial charge on any atom is -0.433 e. The van der Waals surface area contributed by atoms with Crippen LogP contribution in [0.5, 0.6) is 5.75 Å². The van der Waals surface area contributed by atoms with Crippen LogP contribution in [0.1, 0.15) is 48.8 Å². The number of carbonyl (C=O) groups excluding carboxylic acids is 1. The van der Waals surface area contributed by atoms with Crippen molar-refractivity contribution in [3.05, 3.63) is 59.2 Å². The second-order valence-electron chi connectivity index (χ2n) is 9.03. The van der Waals surface area contributed by atoms with Crippen LogP contribution in [0.4, 0.5) is 13.2 Å². The summed E-state index contributed by atoms with van der Waals surface area (Å²) in [6, 6.07) is 6.77. The quantitative estimate of drug-likeness (QED) is 0.614. The van der Waals surface area contributed by atoms with Crippen LogP contribution in [-0.2, 0) is 21.7 Å². The van der Waals surface area contributed by atoms with Crippen molar-refractivity contribution >= 4 is 21.3 Å². The first-order valence-electron chi connectivity index (χ1n) is 10.7. The molecule has 0 aliphatic carbocycles. The predicted octanol–water partition coefficient (Wildman–Crippen LogP) is 3.85. The number of alkyl halides is 2. The highest BCUT2D eigenvalue weighted by atomic mass is 32.2. The van der Waals surface area contributed by atoms with Crippen LogP contribution in [0.3, 0.4) is 0 Å². The van der Waals surface area contributed by atoms with E-state index in [9.17, 15) is 17.8 Å². The van der Waals surface area contributed by atoms with Gasteiger partial charge in [0, 0.05) is 18.5 Å². The monoisotopic (exact) mass is 494 g/mol. The molecule has 2 aliphatic heterocycles. The number of hydrogen-bond donors (Lipinski definition) is 1. The minimum absolute atomic E-state index is 0.0537. The minimum atomic E-state index is -2.99. The van der Waals surface area contributed by atoms with Gasteiger partial charge in [0.05, 0.1) is 21.2 Å². The van der Waals surface area contributed by atoms with E-state index in [1.165, 1.54) is 30.3 Å². The fourth-order valence-corrected chi connectivity index (χ4v) is 7.73. The summed E-state index contributed by atoms with van der Waals surface area (Å²) in [5, 5.41) is -0.535. The molecule has 3 atom stereocenters. The fraction of sp³-hybridized carbons (Fsp3) is 0.435. The van der Waals surface area contributed by atoms with Gasteiger partial charge in [0.25, 0.3) is 0 Å². The molecule has 0 radical (unpaired) electrons. The number of amidine groups is 1. The molecule has 3 heterocycles. The maximum atomic E-state index is 15.1. The van der Waals surface area contributed by atoms with Crippen molar-refractivity contribution in [3.63, 3.8) is 0 Å². The van der Waals surface area contributed by atoms with E-state index < -0.39 is 43.5 Å². The van der Waals surface area contributed by atoms with E-state index in [2.05, 4.69) is 19.1 Å². The molecule has 2 aliphatic rings. The highest BCUT2D eigenvalue weighted by Gasteiger charge is 2.56. The molecule has 0 fully saturated rings. The maximum Gasteiger partial charge on any atom is 0.387 e. The maximum absolute atomic E-state index is 15.1. The van der Waals surface area contributed by atoms with Gasteiger partial charge in [-0.15, -0.1) is 0 Å². The Kier molecular flexibility index (Phi) is 5.95. The number of nitrogens with two attached hydrogens (primary N) is 1. The molecule has 2 aromatic rings. The third-order valence-corrected chi connectivity index (χ3v) is 10.3. The lowest BCUT2D eigenvalue weighted by atomic mass is 9.84. The lowest BCUT2D eigenvalue weighted by molar-refractivity contribution is -0.0500. The van der Waals surface area contributed by atoms with Crippen molar-refractivity contribution in [2.45, 2.75) is 55.8 Å². The van der Waals surface area contributed by atoms with Gasteiger partial charge in [-0.2, -0.15) is 8.78 Å². The van der Waals surface area contributed by atoms with Crippen LogP contribution in [0, 0.1) is 5.82 Å². The Morgan fingerprint density at radius 2 is 2.00 bits per heavy atom. The van der Waals surface area contributed by atoms with E-state index in [1.807, 2.05) is 0 Å². The summed E-state index contributed by atoms with van der Waals surface area (Å²) in [6.07, 6.45) is 1.41. The van der Waals surface area contributed by atoms with Crippen molar-refractivity contribution < 1.29 is 26.9 Å². The molecule has 11 heteroatoms. The summed E-state index contributed by atoms with van der Waals surface area (Å²) in [7, 11) is -2.83. The Morgan fingerprint density at radius 3 is 2.65 bits per heavy atom. The molecule has 34 heavy (non-hydrogen) atoms. The van der Waals surface area contributed by atoms with Gasteiger partial charge in [0.1, 0.15) is 33.4 Å². The zero-order chi connectivity index (χ0) is 24.9. The first-order chi connectivity index (χ1) is 15.9. The Hall–Kier alpha value is -2.95. The Bertz CT molecular complexity index is 1290. The molecule has 0 unspecified atom stereocenters. The SMILES string of the molecule is CC1(C)C(N)=N[C@](C)(c2cc(CC(=O)c3ccc(OC(F)F)cn3)ccc2F)[C@@H]2CCN=[S@@]21=O. The first kappa shape index (κ1) is 24.2. The molecule has 0 spiro atoms. The van der Waals surface area contributed by atoms with Crippen LogP contribution in [-0.4, -0.2) is 44.0 Å². The highest BCUT2D eigenvalue weighted by Crippen LogP contribution is 2.47. The summed E-state index contributed by atoms with van der Waals surface area (Å²) in [4.78, 5) is 21.2. The van der Waals surface area contributed by atoms with Crippen molar-refractivity contribution in [3.8, 4) is 5.75 Å². The van der Waals surface area contributed by atoms with Crippen LogP contribution in [0.25, 0.3) is 0 Å². The fourth-order valence-electron chi connectivity index (χ4n) is 4.57. The van der Waals surface area contributed by atoms with Gasteiger partial charge in [0.15, 0.2) is 5.78 Å². The van der Waals surface area contributed by atoms with E-state index in [1.54, 1.807) is 20.8 Å². The molecular formula is C23H25F3N4O3S. The number of ether oxygens (including phenoxy) is 1. The third-order valence-electron chi connectivity index (χ3n) is 6.58. The topological polar surface area (TPSA) is 107 Å². The second kappa shape index (κ2) is 8.37. The molecule has 0 amide bonds. The van der Waals surface area contributed by atoms with Crippen molar-refractivity contribution in [1.29, 1.82) is 0 Å². The van der Waals surface area contributed by atoms with E-state index in [-0.39, 0.29) is 29.3 Å². The van der Waals surface area contributed by atoms with Gasteiger partial charge in [-0.25, -0.2) is 17.9 Å². The molecular weight excluding hydrogens is 469 g/mol. The standard InChI is InChI=1S/C23H25F3N4O3S/c1-22(2)20(27)30-23(3,19-8-9-29-34(19,22)32)15-10-13(4-6-16(15)24)11-18(31)17-7-5-14(12-28-17)33-21(25)26/h4-7,10,12,19,21H,8-9,11H2,1-3H3,(H2,27,30)/t19-,23+,34+/m0/s1. The zero-order valence-electron chi connectivity index (χ0n) is 18.9. The normalized spacial score (nSPS) is 27.6. The van der Waals surface area contributed by atoms with Crippen molar-refractivity contribution in [2.75, 3.05) is 6.54 Å². The second-order valence-corrected chi connectivity index (χ2v) is 12.0. The molecule has 1 aromatic heterocycles. The van der Waals surface area contributed by atoms with E-state index in [4.69, 9.17) is 5.73 Å². The van der Waals surface area contributed by atoms with Gasteiger partial charge in [-0.1, -0.05) is 6.07 Å². The number of carbonyl (C=O) groups is 1. The Labute approximate surface area is 195 Å². The molecule has 182 valence electrons. The number of Topliss-reactive ketones (excluding diaryl/α,β-unsaturated/α-hetero) is 1. The van der Waals surface area contributed by atoms with E-state index in [0.29, 0.717) is 18.5 Å². The number of fused-ring (bicyclic) bond motifs is 1. The molecule has 1 aromatic carbocycles. The highest BCUT2D eigenvalue weighted by molar-refractivity contribution is 7.96. The van der Waals surface area contributed by atoms with Gasteiger partial charge in [0.2, 0.25) is 0 Å². The average Bonchev–Trinajstić information content (AvgIpc) is 3.18. The van der Waals surface area contributed by atoms with Gasteiger partial charge in [-0.05, 0) is 57.0 Å². The number of benzene rings is 1. The van der Waals surface area contributed by atoms with Gasteiger partial charge in [-0.3, -0.25) is 9.79 Å². The number of halogens is 3. The summed E-state index contributed by atoms with van der Waals surface area (Å²) < 4.78 is 61.3. The summed E-state index contributed by atoms with van der Waals surface area (Å²) in [6.45, 7) is 2.57. The van der Waals surface area contributed by atoms with E-state index in [0.717, 1.165) is 6.20 Å². The number of aliphatic imine (C=N–C) groups is 1. The molecule has 7 nitrogen and oxygen atoms in total. The Balaban J connectivity index is 1.67. The molecule has 0 saturated carbocycles. The molecule has 0 bridgehead atoms. The lowest BCUT2D eigenvalue weighted by Crippen LogP contribution is -2.58. The summed E-state index contributed by atoms with van der Waals surface area (Å²) in [5.41, 5.74) is 5.75. The number of nitrogens with zero attached hydrogens (tertiary/aromatic N) is 3. The molecule has 4 rings (SSSR count). The predicted molar refractivity (Wildman–Crippen MR) is 122 cm³/mol. The summed E-state index contributed by atoms with van der Waals surface area (Å²) >= 11 is 0. The van der Waals surface area contributed by atoms with Gasteiger partial charge < -0.3 is 10.5 Å². The van der Waals surface area contributed by atoms with Crippen molar-refractivity contribution in [1.82, 2.24) is 4.98 Å².